The van der Waals surface area contributed by atoms with E-state index in [2.05, 4.69) is 10.5 Å². The van der Waals surface area contributed by atoms with Crippen LogP contribution < -0.4 is 5.43 Å². The topological polar surface area (TPSA) is 84.6 Å². The van der Waals surface area contributed by atoms with Crippen LogP contribution in [0.5, 0.6) is 0 Å². The van der Waals surface area contributed by atoms with E-state index in [1.165, 1.54) is 24.0 Å². The van der Waals surface area contributed by atoms with Gasteiger partial charge in [-0.2, -0.15) is 5.10 Å². The van der Waals surface area contributed by atoms with Crippen molar-refractivity contribution >= 4 is 29.6 Å². The minimum Gasteiger partial charge on any atom is -0.272 e. The number of carbonyl (C=O) groups is 1. The van der Waals surface area contributed by atoms with Crippen LogP contribution in [0.2, 0.25) is 0 Å². The minimum atomic E-state index is -0.437. The number of hydrazone groups is 1. The van der Waals surface area contributed by atoms with Gasteiger partial charge in [0.25, 0.3) is 11.6 Å². The van der Waals surface area contributed by atoms with E-state index in [4.69, 9.17) is 0 Å². The predicted octanol–water partition coefficient (Wildman–Crippen LogP) is 3.68. The molecule has 1 amide bonds. The maximum atomic E-state index is 12.0. The molecule has 0 aliphatic heterocycles. The summed E-state index contributed by atoms with van der Waals surface area (Å²) in [6, 6.07) is 14.7. The number of hydrogen-bond donors (Lipinski definition) is 1. The molecule has 130 valence electrons. The summed E-state index contributed by atoms with van der Waals surface area (Å²) in [6.07, 6.45) is 1.40. The van der Waals surface area contributed by atoms with Crippen LogP contribution >= 0.6 is 11.8 Å². The fourth-order valence-corrected chi connectivity index (χ4v) is 2.87. The van der Waals surface area contributed by atoms with Crippen molar-refractivity contribution in [1.82, 2.24) is 5.43 Å². The van der Waals surface area contributed by atoms with Crippen molar-refractivity contribution in [2.45, 2.75) is 24.9 Å². The molecular formula is C18H19N3O3S. The number of carbonyl (C=O) groups excluding carboxylic acids is 1. The van der Waals surface area contributed by atoms with Crippen molar-refractivity contribution in [3.63, 3.8) is 0 Å². The summed E-state index contributed by atoms with van der Waals surface area (Å²) >= 11 is 1.52. The first-order chi connectivity index (χ1) is 12.0. The molecule has 0 saturated carbocycles. The first-order valence-corrected chi connectivity index (χ1v) is 8.75. The monoisotopic (exact) mass is 357 g/mol. The van der Waals surface area contributed by atoms with E-state index in [0.29, 0.717) is 11.1 Å². The fourth-order valence-electron chi connectivity index (χ4n) is 2.04. The average Bonchev–Trinajstić information content (AvgIpc) is 2.61. The molecule has 7 heteroatoms. The van der Waals surface area contributed by atoms with Gasteiger partial charge in [0.05, 0.1) is 16.4 Å². The second kappa shape index (κ2) is 8.98. The van der Waals surface area contributed by atoms with E-state index < -0.39 is 4.92 Å². The zero-order valence-corrected chi connectivity index (χ0v) is 14.8. The van der Waals surface area contributed by atoms with E-state index in [0.717, 1.165) is 11.3 Å². The summed E-state index contributed by atoms with van der Waals surface area (Å²) in [5.74, 6) is 0.530. The van der Waals surface area contributed by atoms with Gasteiger partial charge in [0.2, 0.25) is 0 Å². The van der Waals surface area contributed by atoms with Crippen molar-refractivity contribution in [1.29, 1.82) is 0 Å². The number of amides is 1. The lowest BCUT2D eigenvalue weighted by Gasteiger charge is -2.09. The highest BCUT2D eigenvalue weighted by Gasteiger charge is 2.13. The fraction of sp³-hybridized carbons (Fsp3) is 0.222. The smallest absolute Gasteiger partial charge is 0.272 e. The Morgan fingerprint density at radius 2 is 2.04 bits per heavy atom. The van der Waals surface area contributed by atoms with Gasteiger partial charge in [-0.05, 0) is 19.4 Å². The lowest BCUT2D eigenvalue weighted by molar-refractivity contribution is -0.385. The van der Waals surface area contributed by atoms with E-state index >= 15 is 0 Å². The Hall–Kier alpha value is -2.67. The van der Waals surface area contributed by atoms with Crippen LogP contribution in [0.15, 0.2) is 53.6 Å². The molecule has 6 nitrogen and oxygen atoms in total. The largest absolute Gasteiger partial charge is 0.272 e. The Morgan fingerprint density at radius 1 is 1.32 bits per heavy atom. The number of nitro benzene ring substituents is 1. The Kier molecular flexibility index (Phi) is 6.71. The third-order valence-electron chi connectivity index (χ3n) is 3.53. The molecule has 1 N–H and O–H groups in total. The molecule has 0 radical (unpaired) electrons. The van der Waals surface area contributed by atoms with Crippen LogP contribution in [0.25, 0.3) is 0 Å². The molecule has 2 aromatic carbocycles. The van der Waals surface area contributed by atoms with Gasteiger partial charge in [-0.1, -0.05) is 42.5 Å². The van der Waals surface area contributed by atoms with Crippen LogP contribution in [0.1, 0.15) is 23.6 Å². The summed E-state index contributed by atoms with van der Waals surface area (Å²) in [6.45, 7) is 3.49. The average molecular weight is 357 g/mol. The zero-order chi connectivity index (χ0) is 18.2. The Bertz CT molecular complexity index is 778. The first kappa shape index (κ1) is 18.7. The molecule has 0 aliphatic carbocycles. The van der Waals surface area contributed by atoms with E-state index in [1.54, 1.807) is 19.1 Å². The Labute approximate surface area is 150 Å². The molecule has 0 saturated heterocycles. The lowest BCUT2D eigenvalue weighted by Crippen LogP contribution is -2.27. The quantitative estimate of drug-likeness (QED) is 0.465. The lowest BCUT2D eigenvalue weighted by atomic mass is 10.1. The normalized spacial score (nSPS) is 12.1. The van der Waals surface area contributed by atoms with Crippen LogP contribution in [0, 0.1) is 17.0 Å². The highest BCUT2D eigenvalue weighted by Crippen LogP contribution is 2.19. The van der Waals surface area contributed by atoms with Crippen LogP contribution in [-0.2, 0) is 10.5 Å². The number of aryl methyl sites for hydroxylation is 1. The van der Waals surface area contributed by atoms with Gasteiger partial charge in [-0.15, -0.1) is 11.8 Å². The van der Waals surface area contributed by atoms with Crippen molar-refractivity contribution in [2.24, 2.45) is 5.10 Å². The number of nitrogens with zero attached hydrogens (tertiary/aromatic N) is 2. The number of hydrogen-bond acceptors (Lipinski definition) is 5. The Morgan fingerprint density at radius 3 is 2.72 bits per heavy atom. The summed E-state index contributed by atoms with van der Waals surface area (Å²) in [4.78, 5) is 22.5. The van der Waals surface area contributed by atoms with Gasteiger partial charge < -0.3 is 0 Å². The van der Waals surface area contributed by atoms with Gasteiger partial charge in [0, 0.05) is 22.9 Å². The van der Waals surface area contributed by atoms with Crippen molar-refractivity contribution in [3.8, 4) is 0 Å². The van der Waals surface area contributed by atoms with Crippen LogP contribution in [0.3, 0.4) is 0 Å². The number of thioether (sulfide) groups is 1. The third kappa shape index (κ3) is 5.72. The van der Waals surface area contributed by atoms with Crippen LogP contribution in [-0.4, -0.2) is 22.3 Å². The van der Waals surface area contributed by atoms with Gasteiger partial charge in [0.15, 0.2) is 0 Å². The molecule has 0 spiro atoms. The molecule has 1 atom stereocenters. The second-order valence-corrected chi connectivity index (χ2v) is 6.81. The number of benzene rings is 2. The molecule has 2 rings (SSSR count). The summed E-state index contributed by atoms with van der Waals surface area (Å²) in [7, 11) is 0. The summed E-state index contributed by atoms with van der Waals surface area (Å²) in [5, 5.41) is 14.6. The van der Waals surface area contributed by atoms with Gasteiger partial charge in [-0.25, -0.2) is 5.43 Å². The molecule has 0 bridgehead atoms. The number of nitrogens with one attached hydrogen (secondary N) is 1. The highest BCUT2D eigenvalue weighted by atomic mass is 32.2. The zero-order valence-electron chi connectivity index (χ0n) is 14.0. The third-order valence-corrected chi connectivity index (χ3v) is 4.74. The highest BCUT2D eigenvalue weighted by molar-refractivity contribution is 7.99. The number of rotatable bonds is 7. The predicted molar refractivity (Wildman–Crippen MR) is 101 cm³/mol. The molecule has 25 heavy (non-hydrogen) atoms. The van der Waals surface area contributed by atoms with Crippen molar-refractivity contribution < 1.29 is 9.72 Å². The first-order valence-electron chi connectivity index (χ1n) is 7.71. The van der Waals surface area contributed by atoms with Crippen molar-refractivity contribution in [3.05, 3.63) is 75.3 Å². The van der Waals surface area contributed by atoms with E-state index in [-0.39, 0.29) is 16.8 Å². The van der Waals surface area contributed by atoms with Crippen LogP contribution in [0.4, 0.5) is 5.69 Å². The maximum Gasteiger partial charge on any atom is 0.272 e. The van der Waals surface area contributed by atoms with E-state index in [1.807, 2.05) is 37.3 Å². The Balaban J connectivity index is 1.87. The molecule has 0 fully saturated rings. The SMILES string of the molecule is Cc1ccc(/C=N\NC(=O)[C@H](C)SCc2ccccc2)cc1[N+](=O)[O-]. The van der Waals surface area contributed by atoms with Gasteiger partial charge in [0.1, 0.15) is 0 Å². The van der Waals surface area contributed by atoms with Crippen molar-refractivity contribution in [2.75, 3.05) is 0 Å². The summed E-state index contributed by atoms with van der Waals surface area (Å²) in [5.41, 5.74) is 4.79. The molecule has 2 aromatic rings. The van der Waals surface area contributed by atoms with Gasteiger partial charge in [-0.3, -0.25) is 14.9 Å². The van der Waals surface area contributed by atoms with Gasteiger partial charge >= 0.3 is 0 Å². The molecule has 0 heterocycles. The number of nitro groups is 1. The second-order valence-electron chi connectivity index (χ2n) is 5.48. The molecule has 0 aliphatic rings. The molecule has 0 unspecified atom stereocenters. The molecule has 0 aromatic heterocycles. The van der Waals surface area contributed by atoms with E-state index in [9.17, 15) is 14.9 Å². The molecular weight excluding hydrogens is 338 g/mol. The minimum absolute atomic E-state index is 0.0297. The summed E-state index contributed by atoms with van der Waals surface area (Å²) < 4.78 is 0. The maximum absolute atomic E-state index is 12.0. The standard InChI is InChI=1S/C18H19N3O3S/c1-13-8-9-16(10-17(13)21(23)24)11-19-20-18(22)14(2)25-12-15-6-4-3-5-7-15/h3-11,14H,12H2,1-2H3,(H,20,22)/b19-11-/t14-/m0/s1.